The number of fused-ring (bicyclic) bond motifs is 10. The summed E-state index contributed by atoms with van der Waals surface area (Å²) in [5, 5.41) is 24.6. The number of hydrogen-bond acceptors (Lipinski definition) is 3. The Morgan fingerprint density at radius 2 is 1.30 bits per heavy atom. The molecule has 0 radical (unpaired) electrons. The lowest BCUT2D eigenvalue weighted by atomic mass is 9.79. The monoisotopic (exact) mass is 569 g/mol. The molecule has 1 unspecified atom stereocenters. The van der Waals surface area contributed by atoms with Gasteiger partial charge in [-0.1, -0.05) is 109 Å². The van der Waals surface area contributed by atoms with E-state index in [0.29, 0.717) is 11.0 Å². The topological polar surface area (TPSA) is 58.5 Å². The van der Waals surface area contributed by atoms with Crippen LogP contribution in [0, 0.1) is 0 Å². The van der Waals surface area contributed by atoms with Crippen LogP contribution in [0.15, 0.2) is 132 Å². The summed E-state index contributed by atoms with van der Waals surface area (Å²) in [6, 6.07) is 44.7. The molecule has 4 nitrogen and oxygen atoms in total. The molecule has 0 aliphatic heterocycles. The maximum atomic E-state index is 10.1. The summed E-state index contributed by atoms with van der Waals surface area (Å²) in [5.41, 5.74) is 11.7. The normalized spacial score (nSPS) is 14.6. The van der Waals surface area contributed by atoms with Gasteiger partial charge in [0.25, 0.3) is 0 Å². The Labute approximate surface area is 254 Å². The maximum Gasteiger partial charge on any atom is 0.492 e. The molecule has 1 atom stereocenters. The lowest BCUT2D eigenvalue weighted by molar-refractivity contribution is 0.425. The molecule has 2 aromatic heterocycles. The van der Waals surface area contributed by atoms with E-state index in [1.165, 1.54) is 44.1 Å². The molecule has 2 heterocycles. The van der Waals surface area contributed by atoms with Gasteiger partial charge in [-0.3, -0.25) is 0 Å². The molecular formula is C39H28BNO3. The largest absolute Gasteiger partial charge is 0.492 e. The van der Waals surface area contributed by atoms with Gasteiger partial charge in [0.2, 0.25) is 0 Å². The van der Waals surface area contributed by atoms with Crippen molar-refractivity contribution in [1.82, 2.24) is 4.57 Å². The number of nitrogens with zero attached hydrogens (tertiary/aromatic N) is 1. The first-order valence-electron chi connectivity index (χ1n) is 15.2. The highest BCUT2D eigenvalue weighted by atomic mass is 16.4. The van der Waals surface area contributed by atoms with Crippen LogP contribution in [0.25, 0.3) is 60.6 Å². The fraction of sp³-hybridized carbons (Fsp3) is 0.0769. The van der Waals surface area contributed by atoms with Gasteiger partial charge in [-0.05, 0) is 53.3 Å². The third-order valence-corrected chi connectivity index (χ3v) is 9.50. The molecule has 0 amide bonds. The second kappa shape index (κ2) is 9.71. The molecule has 6 aromatic carbocycles. The summed E-state index contributed by atoms with van der Waals surface area (Å²) >= 11 is 0. The van der Waals surface area contributed by atoms with E-state index in [1.807, 2.05) is 12.1 Å². The molecule has 0 saturated carbocycles. The van der Waals surface area contributed by atoms with Crippen molar-refractivity contribution in [3.63, 3.8) is 0 Å². The van der Waals surface area contributed by atoms with Crippen LogP contribution in [0.4, 0.5) is 0 Å². The number of rotatable bonds is 3. The Bertz CT molecular complexity index is 2390. The third-order valence-electron chi connectivity index (χ3n) is 9.50. The smallest absolute Gasteiger partial charge is 0.456 e. The van der Waals surface area contributed by atoms with Crippen LogP contribution in [0.5, 0.6) is 0 Å². The minimum absolute atomic E-state index is 0.0926. The van der Waals surface area contributed by atoms with Crippen LogP contribution in [0.1, 0.15) is 29.0 Å². The Hall–Kier alpha value is -5.10. The van der Waals surface area contributed by atoms with Crippen molar-refractivity contribution in [2.75, 3.05) is 0 Å². The lowest BCUT2D eigenvalue weighted by Gasteiger charge is -2.18. The van der Waals surface area contributed by atoms with Crippen molar-refractivity contribution in [2.24, 2.45) is 0 Å². The molecule has 210 valence electrons. The zero-order chi connectivity index (χ0) is 29.4. The molecule has 1 aliphatic rings. The molecular weight excluding hydrogens is 541 g/mol. The van der Waals surface area contributed by atoms with Crippen molar-refractivity contribution >= 4 is 56.3 Å². The zero-order valence-corrected chi connectivity index (χ0v) is 23.9. The van der Waals surface area contributed by atoms with Crippen LogP contribution in [-0.4, -0.2) is 21.7 Å². The minimum atomic E-state index is -1.60. The molecule has 9 rings (SSSR count). The molecule has 44 heavy (non-hydrogen) atoms. The van der Waals surface area contributed by atoms with Gasteiger partial charge in [-0.15, -0.1) is 0 Å². The molecule has 8 aromatic rings. The predicted molar refractivity (Wildman–Crippen MR) is 180 cm³/mol. The van der Waals surface area contributed by atoms with Gasteiger partial charge in [0.15, 0.2) is 0 Å². The maximum absolute atomic E-state index is 10.1. The van der Waals surface area contributed by atoms with Crippen LogP contribution in [0.3, 0.4) is 0 Å². The van der Waals surface area contributed by atoms with E-state index in [4.69, 9.17) is 4.42 Å². The molecule has 0 fully saturated rings. The average molecular weight is 569 g/mol. The Morgan fingerprint density at radius 1 is 0.591 bits per heavy atom. The highest BCUT2D eigenvalue weighted by Gasteiger charge is 2.29. The lowest BCUT2D eigenvalue weighted by Crippen LogP contribution is -2.29. The van der Waals surface area contributed by atoms with Crippen molar-refractivity contribution in [3.05, 3.63) is 144 Å². The highest BCUT2D eigenvalue weighted by molar-refractivity contribution is 6.61. The van der Waals surface area contributed by atoms with Crippen LogP contribution < -0.4 is 5.46 Å². The van der Waals surface area contributed by atoms with Gasteiger partial charge in [0.05, 0.1) is 11.0 Å². The van der Waals surface area contributed by atoms with Crippen molar-refractivity contribution < 1.29 is 14.5 Å². The van der Waals surface area contributed by atoms with Crippen LogP contribution >= 0.6 is 0 Å². The summed E-state index contributed by atoms with van der Waals surface area (Å²) in [6.07, 6.45) is 1.80. The van der Waals surface area contributed by atoms with E-state index >= 15 is 0 Å². The van der Waals surface area contributed by atoms with Gasteiger partial charge in [-0.25, -0.2) is 0 Å². The van der Waals surface area contributed by atoms with E-state index in [9.17, 15) is 10.0 Å². The molecule has 1 aliphatic carbocycles. The van der Waals surface area contributed by atoms with Crippen molar-refractivity contribution in [1.29, 1.82) is 0 Å². The standard InChI is InChI=1S/C39H28BNO3/c42-40(43)35-18-9-17-34-33-16-8-15-32(38(33)44-39(34)35)28-21-22-30-27(25-12-4-5-13-26(25)28)20-23-31-29-14-6-7-19-36(29)41(37(30)31)24-10-2-1-3-11-24/h1-20,23,28,42-43H,21-22H2. The summed E-state index contributed by atoms with van der Waals surface area (Å²) < 4.78 is 8.96. The second-order valence-electron chi connectivity index (χ2n) is 11.8. The van der Waals surface area contributed by atoms with Gasteiger partial charge in [0, 0.05) is 44.2 Å². The second-order valence-corrected chi connectivity index (χ2v) is 11.8. The van der Waals surface area contributed by atoms with Gasteiger partial charge in [0.1, 0.15) is 11.2 Å². The summed E-state index contributed by atoms with van der Waals surface area (Å²) in [4.78, 5) is 0. The quantitative estimate of drug-likeness (QED) is 0.212. The Kier molecular flexibility index (Phi) is 5.61. The summed E-state index contributed by atoms with van der Waals surface area (Å²) in [5.74, 6) is 0.0926. The van der Waals surface area contributed by atoms with E-state index in [-0.39, 0.29) is 5.92 Å². The van der Waals surface area contributed by atoms with E-state index in [1.54, 1.807) is 6.07 Å². The fourth-order valence-corrected chi connectivity index (χ4v) is 7.63. The van der Waals surface area contributed by atoms with Crippen molar-refractivity contribution in [2.45, 2.75) is 18.8 Å². The number of aryl methyl sites for hydroxylation is 1. The SMILES string of the molecule is OB(O)c1cccc2c1oc1c(C3CCc4c(ccc5c6ccccc6n(-c6ccccc6)c45)-c4ccccc43)cccc12. The van der Waals surface area contributed by atoms with E-state index in [0.717, 1.165) is 40.4 Å². The molecule has 0 saturated heterocycles. The number of furan rings is 1. The number of aromatic nitrogens is 1. The molecule has 5 heteroatoms. The molecule has 0 bridgehead atoms. The number of para-hydroxylation sites is 4. The fourth-order valence-electron chi connectivity index (χ4n) is 7.63. The zero-order valence-electron chi connectivity index (χ0n) is 23.9. The van der Waals surface area contributed by atoms with Gasteiger partial charge >= 0.3 is 7.12 Å². The average Bonchev–Trinajstić information content (AvgIpc) is 3.56. The van der Waals surface area contributed by atoms with Crippen molar-refractivity contribution in [3.8, 4) is 16.8 Å². The highest BCUT2D eigenvalue weighted by Crippen LogP contribution is 2.47. The molecule has 2 N–H and O–H groups in total. The first kappa shape index (κ1) is 25.4. The van der Waals surface area contributed by atoms with Crippen LogP contribution in [-0.2, 0) is 6.42 Å². The first-order chi connectivity index (χ1) is 21.7. The predicted octanol–water partition coefficient (Wildman–Crippen LogP) is 8.11. The van der Waals surface area contributed by atoms with Gasteiger partial charge in [-0.2, -0.15) is 0 Å². The number of benzene rings is 6. The Balaban J connectivity index is 1.30. The van der Waals surface area contributed by atoms with E-state index in [2.05, 4.69) is 114 Å². The minimum Gasteiger partial charge on any atom is -0.456 e. The third kappa shape index (κ3) is 3.60. The van der Waals surface area contributed by atoms with Gasteiger partial charge < -0.3 is 19.0 Å². The van der Waals surface area contributed by atoms with Crippen LogP contribution in [0.2, 0.25) is 0 Å². The van der Waals surface area contributed by atoms with E-state index < -0.39 is 7.12 Å². The summed E-state index contributed by atoms with van der Waals surface area (Å²) in [7, 11) is -1.60. The summed E-state index contributed by atoms with van der Waals surface area (Å²) in [6.45, 7) is 0. The first-order valence-corrected chi connectivity index (χ1v) is 15.2. The Morgan fingerprint density at radius 3 is 2.16 bits per heavy atom. The molecule has 0 spiro atoms. The number of hydrogen-bond donors (Lipinski definition) is 2.